The van der Waals surface area contributed by atoms with Crippen LogP contribution in [0, 0.1) is 12.8 Å². The van der Waals surface area contributed by atoms with Crippen molar-refractivity contribution < 1.29 is 4.74 Å². The van der Waals surface area contributed by atoms with Gasteiger partial charge in [-0.2, -0.15) is 0 Å². The second kappa shape index (κ2) is 8.11. The minimum absolute atomic E-state index is 0.0361. The molecule has 0 amide bonds. The minimum atomic E-state index is -0.0361. The molecule has 3 nitrogen and oxygen atoms in total. The maximum atomic E-state index is 5.17. The van der Waals surface area contributed by atoms with Gasteiger partial charge in [-0.3, -0.25) is 0 Å². The van der Waals surface area contributed by atoms with Crippen LogP contribution in [0.3, 0.4) is 0 Å². The molecule has 0 bridgehead atoms. The van der Waals surface area contributed by atoms with E-state index in [2.05, 4.69) is 39.9 Å². The molecule has 0 aliphatic carbocycles. The summed E-state index contributed by atoms with van der Waals surface area (Å²) < 4.78 is 5.17. The predicted octanol–water partition coefficient (Wildman–Crippen LogP) is 3.90. The van der Waals surface area contributed by atoms with Crippen LogP contribution in [0.4, 0.5) is 0 Å². The predicted molar refractivity (Wildman–Crippen MR) is 87.5 cm³/mol. The molecule has 20 heavy (non-hydrogen) atoms. The van der Waals surface area contributed by atoms with Crippen LogP contribution in [-0.2, 0) is 16.7 Å². The molecule has 1 aromatic rings. The van der Waals surface area contributed by atoms with E-state index in [4.69, 9.17) is 9.72 Å². The Morgan fingerprint density at radius 3 is 2.60 bits per heavy atom. The molecule has 1 N–H and O–H groups in total. The van der Waals surface area contributed by atoms with E-state index >= 15 is 0 Å². The van der Waals surface area contributed by atoms with Gasteiger partial charge in [-0.1, -0.05) is 20.8 Å². The summed E-state index contributed by atoms with van der Waals surface area (Å²) in [5.74, 6) is 0.713. The van der Waals surface area contributed by atoms with Gasteiger partial charge in [0.15, 0.2) is 0 Å². The Morgan fingerprint density at radius 1 is 1.40 bits per heavy atom. The fourth-order valence-corrected chi connectivity index (χ4v) is 3.42. The summed E-state index contributed by atoms with van der Waals surface area (Å²) in [6, 6.07) is 0. The average molecular weight is 298 g/mol. The fraction of sp³-hybridized carbons (Fsp3) is 0.812. The first kappa shape index (κ1) is 17.6. The van der Waals surface area contributed by atoms with Crippen molar-refractivity contribution >= 4 is 11.3 Å². The second-order valence-electron chi connectivity index (χ2n) is 6.06. The highest BCUT2D eigenvalue weighted by Gasteiger charge is 2.30. The molecule has 0 saturated heterocycles. The molecule has 0 aliphatic heterocycles. The molecular formula is C16H30N2OS. The Morgan fingerprint density at radius 2 is 2.10 bits per heavy atom. The van der Waals surface area contributed by atoms with E-state index in [0.717, 1.165) is 26.0 Å². The smallest absolute Gasteiger partial charge is 0.113 e. The highest BCUT2D eigenvalue weighted by Crippen LogP contribution is 2.32. The summed E-state index contributed by atoms with van der Waals surface area (Å²) >= 11 is 1.84. The molecular weight excluding hydrogens is 268 g/mol. The summed E-state index contributed by atoms with van der Waals surface area (Å²) in [7, 11) is 1.75. The summed E-state index contributed by atoms with van der Waals surface area (Å²) in [5.41, 5.74) is 1.21. The lowest BCUT2D eigenvalue weighted by Gasteiger charge is -2.30. The highest BCUT2D eigenvalue weighted by atomic mass is 32.1. The summed E-state index contributed by atoms with van der Waals surface area (Å²) in [6.07, 6.45) is 3.34. The van der Waals surface area contributed by atoms with Gasteiger partial charge in [0.05, 0.1) is 17.8 Å². The van der Waals surface area contributed by atoms with E-state index in [1.54, 1.807) is 7.11 Å². The van der Waals surface area contributed by atoms with E-state index < -0.39 is 0 Å². The number of aryl methyl sites for hydroxylation is 2. The number of nitrogens with one attached hydrogen (secondary N) is 1. The van der Waals surface area contributed by atoms with Gasteiger partial charge < -0.3 is 10.1 Å². The number of methoxy groups -OCH3 is 1. The summed E-state index contributed by atoms with van der Waals surface area (Å²) in [4.78, 5) is 6.23. The quantitative estimate of drug-likeness (QED) is 0.702. The maximum absolute atomic E-state index is 5.17. The van der Waals surface area contributed by atoms with Gasteiger partial charge in [0.2, 0.25) is 0 Å². The van der Waals surface area contributed by atoms with E-state index in [-0.39, 0.29) is 5.54 Å². The number of ether oxygens (including phenoxy) is 1. The summed E-state index contributed by atoms with van der Waals surface area (Å²) in [6.45, 7) is 12.8. The number of nitrogens with zero attached hydrogens (tertiary/aromatic N) is 1. The third kappa shape index (κ3) is 4.83. The number of thiazole rings is 1. The SMILES string of the molecule is CCc1nc(C(C)(CCC(C)C)NCCOC)sc1C. The zero-order valence-electron chi connectivity index (χ0n) is 13.9. The molecule has 0 radical (unpaired) electrons. The highest BCUT2D eigenvalue weighted by molar-refractivity contribution is 7.11. The molecule has 1 atom stereocenters. The number of aromatic nitrogens is 1. The third-order valence-corrected chi connectivity index (χ3v) is 5.02. The first-order valence-electron chi connectivity index (χ1n) is 7.63. The topological polar surface area (TPSA) is 34.2 Å². The first-order valence-corrected chi connectivity index (χ1v) is 8.45. The van der Waals surface area contributed by atoms with Crippen molar-refractivity contribution in [2.45, 2.75) is 59.4 Å². The minimum Gasteiger partial charge on any atom is -0.383 e. The maximum Gasteiger partial charge on any atom is 0.113 e. The van der Waals surface area contributed by atoms with Crippen LogP contribution < -0.4 is 5.32 Å². The van der Waals surface area contributed by atoms with E-state index in [9.17, 15) is 0 Å². The van der Waals surface area contributed by atoms with E-state index in [1.807, 2.05) is 11.3 Å². The average Bonchev–Trinajstić information content (AvgIpc) is 2.78. The van der Waals surface area contributed by atoms with Crippen molar-refractivity contribution in [1.29, 1.82) is 0 Å². The van der Waals surface area contributed by atoms with Crippen molar-refractivity contribution in [2.75, 3.05) is 20.3 Å². The zero-order chi connectivity index (χ0) is 15.2. The normalized spacial score (nSPS) is 14.8. The van der Waals surface area contributed by atoms with Crippen LogP contribution >= 0.6 is 11.3 Å². The van der Waals surface area contributed by atoms with E-state index in [1.165, 1.54) is 22.0 Å². The Bertz CT molecular complexity index is 403. The van der Waals surface area contributed by atoms with Crippen LogP contribution in [0.2, 0.25) is 0 Å². The second-order valence-corrected chi connectivity index (χ2v) is 7.26. The Balaban J connectivity index is 2.88. The number of hydrogen-bond acceptors (Lipinski definition) is 4. The fourth-order valence-electron chi connectivity index (χ4n) is 2.27. The Labute approximate surface area is 128 Å². The van der Waals surface area contributed by atoms with Gasteiger partial charge in [0.1, 0.15) is 5.01 Å². The van der Waals surface area contributed by atoms with Crippen LogP contribution in [0.5, 0.6) is 0 Å². The molecule has 0 aromatic carbocycles. The van der Waals surface area contributed by atoms with Gasteiger partial charge in [-0.05, 0) is 39.0 Å². The molecule has 0 fully saturated rings. The first-order chi connectivity index (χ1) is 9.42. The molecule has 1 unspecified atom stereocenters. The van der Waals surface area contributed by atoms with Gasteiger partial charge in [-0.15, -0.1) is 11.3 Å². The van der Waals surface area contributed by atoms with Gasteiger partial charge >= 0.3 is 0 Å². The van der Waals surface area contributed by atoms with Crippen LogP contribution in [0.15, 0.2) is 0 Å². The molecule has 0 saturated carbocycles. The Hall–Kier alpha value is -0.450. The van der Waals surface area contributed by atoms with Crippen molar-refractivity contribution in [1.82, 2.24) is 10.3 Å². The lowest BCUT2D eigenvalue weighted by Crippen LogP contribution is -2.41. The standard InChI is InChI=1S/C16H30N2OS/c1-7-14-13(4)20-15(18-14)16(5,9-8-12(2)3)17-10-11-19-6/h12,17H,7-11H2,1-6H3. The van der Waals surface area contributed by atoms with E-state index in [0.29, 0.717) is 5.92 Å². The van der Waals surface area contributed by atoms with Crippen LogP contribution in [0.1, 0.15) is 56.1 Å². The molecule has 1 aromatic heterocycles. The molecule has 1 rings (SSSR count). The van der Waals surface area contributed by atoms with Crippen molar-refractivity contribution in [2.24, 2.45) is 5.92 Å². The van der Waals surface area contributed by atoms with Crippen LogP contribution in [0.25, 0.3) is 0 Å². The summed E-state index contributed by atoms with van der Waals surface area (Å²) in [5, 5.41) is 4.88. The molecule has 0 spiro atoms. The lowest BCUT2D eigenvalue weighted by atomic mass is 9.92. The molecule has 116 valence electrons. The van der Waals surface area contributed by atoms with Crippen molar-refractivity contribution in [3.8, 4) is 0 Å². The molecule has 4 heteroatoms. The largest absolute Gasteiger partial charge is 0.383 e. The molecule has 0 aliphatic rings. The van der Waals surface area contributed by atoms with Crippen molar-refractivity contribution in [3.05, 3.63) is 15.6 Å². The van der Waals surface area contributed by atoms with Gasteiger partial charge in [0.25, 0.3) is 0 Å². The van der Waals surface area contributed by atoms with Crippen molar-refractivity contribution in [3.63, 3.8) is 0 Å². The number of hydrogen-bond donors (Lipinski definition) is 1. The lowest BCUT2D eigenvalue weighted by molar-refractivity contribution is 0.182. The third-order valence-electron chi connectivity index (χ3n) is 3.74. The van der Waals surface area contributed by atoms with Gasteiger partial charge in [-0.25, -0.2) is 4.98 Å². The number of rotatable bonds is 9. The molecule has 1 heterocycles. The van der Waals surface area contributed by atoms with Gasteiger partial charge in [0, 0.05) is 18.5 Å². The monoisotopic (exact) mass is 298 g/mol. The zero-order valence-corrected chi connectivity index (χ0v) is 14.7. The Kier molecular flexibility index (Phi) is 7.13. The van der Waals surface area contributed by atoms with Crippen LogP contribution in [-0.4, -0.2) is 25.2 Å².